The predicted octanol–water partition coefficient (Wildman–Crippen LogP) is 7.34. The molecule has 0 radical (unpaired) electrons. The molecule has 0 amide bonds. The molecule has 0 aliphatic heterocycles. The van der Waals surface area contributed by atoms with Gasteiger partial charge in [0.25, 0.3) is 0 Å². The van der Waals surface area contributed by atoms with Crippen molar-refractivity contribution in [1.29, 1.82) is 0 Å². The zero-order valence-corrected chi connectivity index (χ0v) is 23.6. The fraction of sp³-hybridized carbons (Fsp3) is 0.176. The minimum atomic E-state index is -0.677. The number of benzene rings is 4. The average molecular weight is 520 g/mol. The summed E-state index contributed by atoms with van der Waals surface area (Å²) in [6.45, 7) is 7.16. The van der Waals surface area contributed by atoms with Crippen LogP contribution in [0.4, 0.5) is 0 Å². The van der Waals surface area contributed by atoms with Gasteiger partial charge < -0.3 is 0 Å². The van der Waals surface area contributed by atoms with E-state index in [1.807, 2.05) is 0 Å². The van der Waals surface area contributed by atoms with Crippen LogP contribution in [0.15, 0.2) is 145 Å². The average Bonchev–Trinajstić information content (AvgIpc) is 3.43. The minimum absolute atomic E-state index is 0.342. The Balaban J connectivity index is 1.56. The van der Waals surface area contributed by atoms with E-state index in [9.17, 15) is 0 Å². The van der Waals surface area contributed by atoms with Crippen LogP contribution in [-0.2, 0) is 0 Å². The summed E-state index contributed by atoms with van der Waals surface area (Å²) in [5.41, 5.74) is 0. The topological polar surface area (TPSA) is 3.24 Å². The number of nitrogens with zero attached hydrogens (tertiary/aromatic N) is 1. The van der Waals surface area contributed by atoms with Gasteiger partial charge in [0.2, 0.25) is 0 Å². The fourth-order valence-corrected chi connectivity index (χ4v) is 10.7. The highest BCUT2D eigenvalue weighted by Crippen LogP contribution is 2.53. The molecular weight excluding hydrogens is 484 g/mol. The van der Waals surface area contributed by atoms with Crippen LogP contribution in [0.25, 0.3) is 0 Å². The SMILES string of the molecule is CC(C)N(C(C)C1C=CC=C1P(c1ccccc1)c1ccccc1)P(c1ccccc1)c1ccccc1. The standard InChI is InChI=1S/C34H35NP2/c1-27(2)35(37(31-21-12-6-13-22-31)32-23-14-7-15-24-32)28(3)33-25-16-26-34(33)36(29-17-8-4-9-18-29)30-19-10-5-11-20-30/h4-28,33H,1-3H3. The van der Waals surface area contributed by atoms with Gasteiger partial charge in [-0.05, 0) is 55.2 Å². The van der Waals surface area contributed by atoms with Crippen LogP contribution in [-0.4, -0.2) is 16.8 Å². The van der Waals surface area contributed by atoms with Gasteiger partial charge in [0.1, 0.15) is 0 Å². The minimum Gasteiger partial charge on any atom is -0.269 e. The van der Waals surface area contributed by atoms with Crippen molar-refractivity contribution in [2.24, 2.45) is 5.92 Å². The molecule has 186 valence electrons. The van der Waals surface area contributed by atoms with Crippen molar-refractivity contribution in [3.63, 3.8) is 0 Å². The molecular formula is C34H35NP2. The van der Waals surface area contributed by atoms with Crippen molar-refractivity contribution in [3.8, 4) is 0 Å². The molecule has 1 nitrogen and oxygen atoms in total. The largest absolute Gasteiger partial charge is 0.269 e. The van der Waals surface area contributed by atoms with Crippen LogP contribution in [0.1, 0.15) is 20.8 Å². The molecule has 4 aromatic rings. The van der Waals surface area contributed by atoms with Crippen LogP contribution in [0.2, 0.25) is 0 Å². The molecule has 1 aliphatic carbocycles. The van der Waals surface area contributed by atoms with E-state index in [1.165, 1.54) is 21.2 Å². The van der Waals surface area contributed by atoms with E-state index in [4.69, 9.17) is 0 Å². The number of hydrogen-bond acceptors (Lipinski definition) is 1. The van der Waals surface area contributed by atoms with E-state index in [0.717, 1.165) is 0 Å². The molecule has 0 saturated carbocycles. The zero-order valence-electron chi connectivity index (χ0n) is 21.9. The highest BCUT2D eigenvalue weighted by Gasteiger charge is 2.37. The van der Waals surface area contributed by atoms with Crippen LogP contribution >= 0.6 is 16.0 Å². The summed E-state index contributed by atoms with van der Waals surface area (Å²) in [5, 5.41) is 7.19. The van der Waals surface area contributed by atoms with Crippen molar-refractivity contribution < 1.29 is 0 Å². The lowest BCUT2D eigenvalue weighted by Gasteiger charge is -2.43. The molecule has 1 aliphatic rings. The summed E-state index contributed by atoms with van der Waals surface area (Å²) < 4.78 is 2.79. The van der Waals surface area contributed by atoms with Gasteiger partial charge in [-0.25, -0.2) is 0 Å². The van der Waals surface area contributed by atoms with Crippen LogP contribution in [0.3, 0.4) is 0 Å². The maximum Gasteiger partial charge on any atom is 0.0286 e. The van der Waals surface area contributed by atoms with Gasteiger partial charge in [0, 0.05) is 26.1 Å². The normalized spacial score (nSPS) is 16.1. The Kier molecular flexibility index (Phi) is 8.48. The maximum atomic E-state index is 2.79. The van der Waals surface area contributed by atoms with Gasteiger partial charge in [0.15, 0.2) is 0 Å². The zero-order chi connectivity index (χ0) is 25.6. The smallest absolute Gasteiger partial charge is 0.0286 e. The van der Waals surface area contributed by atoms with Crippen molar-refractivity contribution in [2.45, 2.75) is 32.9 Å². The first kappa shape index (κ1) is 25.8. The van der Waals surface area contributed by atoms with E-state index in [0.29, 0.717) is 18.0 Å². The Bertz CT molecular complexity index is 1240. The Hall–Kier alpha value is -2.82. The molecule has 37 heavy (non-hydrogen) atoms. The Labute approximate surface area is 225 Å². The van der Waals surface area contributed by atoms with Crippen molar-refractivity contribution >= 4 is 37.2 Å². The molecule has 0 spiro atoms. The molecule has 0 fully saturated rings. The molecule has 2 atom stereocenters. The molecule has 0 bridgehead atoms. The van der Waals surface area contributed by atoms with Gasteiger partial charge in [-0.1, -0.05) is 140 Å². The summed E-state index contributed by atoms with van der Waals surface area (Å²) in [6, 6.07) is 45.1. The molecule has 5 rings (SSSR count). The van der Waals surface area contributed by atoms with E-state index in [1.54, 1.807) is 5.31 Å². The monoisotopic (exact) mass is 519 g/mol. The quantitative estimate of drug-likeness (QED) is 0.209. The Morgan fingerprint density at radius 1 is 0.568 bits per heavy atom. The van der Waals surface area contributed by atoms with Crippen LogP contribution in [0, 0.1) is 5.92 Å². The van der Waals surface area contributed by atoms with Gasteiger partial charge in [-0.15, -0.1) is 0 Å². The van der Waals surface area contributed by atoms with E-state index in [-0.39, 0.29) is 0 Å². The highest BCUT2D eigenvalue weighted by atomic mass is 31.1. The summed E-state index contributed by atoms with van der Waals surface area (Å²) in [4.78, 5) is 0. The fourth-order valence-electron chi connectivity index (χ4n) is 5.32. The van der Waals surface area contributed by atoms with Crippen molar-refractivity contribution in [1.82, 2.24) is 4.67 Å². The van der Waals surface area contributed by atoms with E-state index < -0.39 is 16.0 Å². The molecule has 4 aromatic carbocycles. The van der Waals surface area contributed by atoms with Gasteiger partial charge in [-0.3, -0.25) is 4.67 Å². The third-order valence-electron chi connectivity index (χ3n) is 6.91. The molecule has 0 heterocycles. The highest BCUT2D eigenvalue weighted by molar-refractivity contribution is 7.76. The number of allylic oxidation sites excluding steroid dienone is 2. The maximum absolute atomic E-state index is 2.79. The summed E-state index contributed by atoms with van der Waals surface area (Å²) in [6.07, 6.45) is 7.14. The molecule has 3 heteroatoms. The summed E-state index contributed by atoms with van der Waals surface area (Å²) >= 11 is 0. The Morgan fingerprint density at radius 3 is 1.38 bits per heavy atom. The third kappa shape index (κ3) is 5.71. The first-order valence-electron chi connectivity index (χ1n) is 13.1. The van der Waals surface area contributed by atoms with E-state index >= 15 is 0 Å². The lowest BCUT2D eigenvalue weighted by atomic mass is 10.0. The lowest BCUT2D eigenvalue weighted by Crippen LogP contribution is -2.43. The summed E-state index contributed by atoms with van der Waals surface area (Å²) in [7, 11) is -1.29. The Morgan fingerprint density at radius 2 is 0.973 bits per heavy atom. The van der Waals surface area contributed by atoms with Crippen LogP contribution < -0.4 is 21.2 Å². The third-order valence-corrected chi connectivity index (χ3v) is 12.4. The van der Waals surface area contributed by atoms with Gasteiger partial charge >= 0.3 is 0 Å². The first-order chi connectivity index (χ1) is 18.1. The molecule has 0 N–H and O–H groups in total. The van der Waals surface area contributed by atoms with E-state index in [2.05, 4.69) is 165 Å². The van der Waals surface area contributed by atoms with Gasteiger partial charge in [-0.2, -0.15) is 0 Å². The number of rotatable bonds is 9. The second kappa shape index (κ2) is 12.1. The van der Waals surface area contributed by atoms with Crippen LogP contribution in [0.5, 0.6) is 0 Å². The second-order valence-electron chi connectivity index (χ2n) is 9.71. The number of hydrogen-bond donors (Lipinski definition) is 0. The van der Waals surface area contributed by atoms with Crippen molar-refractivity contribution in [3.05, 3.63) is 145 Å². The summed E-state index contributed by atoms with van der Waals surface area (Å²) in [5.74, 6) is 0.353. The van der Waals surface area contributed by atoms with Gasteiger partial charge in [0.05, 0.1) is 0 Å². The molecule has 0 saturated heterocycles. The first-order valence-corrected chi connectivity index (χ1v) is 15.8. The lowest BCUT2D eigenvalue weighted by molar-refractivity contribution is 0.280. The molecule has 2 unspecified atom stereocenters. The second-order valence-corrected chi connectivity index (χ2v) is 14.0. The molecule has 0 aromatic heterocycles. The predicted molar refractivity (Wildman–Crippen MR) is 165 cm³/mol. The van der Waals surface area contributed by atoms with Crippen molar-refractivity contribution in [2.75, 3.05) is 0 Å².